The van der Waals surface area contributed by atoms with Crippen LogP contribution in [0.1, 0.15) is 26.7 Å². The Balaban J connectivity index is 4.09. The topological polar surface area (TPSA) is 83.6 Å². The fraction of sp³-hybridized carbons (Fsp3) is 0.800. The van der Waals surface area contributed by atoms with Gasteiger partial charge in [-0.1, -0.05) is 13.8 Å². The monoisotopic (exact) mass is 216 g/mol. The molecule has 0 bridgehead atoms. The van der Waals surface area contributed by atoms with Crippen molar-refractivity contribution < 1.29 is 14.7 Å². The molecule has 0 heterocycles. The standard InChI is InChI=1S/C10H20N2O3/c1-7(2)9(10(11)15)12(3)6-4-5-8(13)14/h7,9H,4-6H2,1-3H3,(H2,11,15)(H,13,14)/t9-/m0/s1. The summed E-state index contributed by atoms with van der Waals surface area (Å²) in [7, 11) is 1.79. The van der Waals surface area contributed by atoms with Gasteiger partial charge in [0.15, 0.2) is 0 Å². The van der Waals surface area contributed by atoms with E-state index in [0.29, 0.717) is 13.0 Å². The lowest BCUT2D eigenvalue weighted by Crippen LogP contribution is -2.46. The summed E-state index contributed by atoms with van der Waals surface area (Å²) < 4.78 is 0. The average molecular weight is 216 g/mol. The highest BCUT2D eigenvalue weighted by molar-refractivity contribution is 5.80. The molecular weight excluding hydrogens is 196 g/mol. The molecule has 0 saturated carbocycles. The molecule has 0 aromatic rings. The number of likely N-dealkylation sites (N-methyl/N-ethyl adjacent to an activating group) is 1. The molecule has 5 heteroatoms. The first-order valence-corrected chi connectivity index (χ1v) is 5.07. The summed E-state index contributed by atoms with van der Waals surface area (Å²) in [4.78, 5) is 23.3. The minimum absolute atomic E-state index is 0.119. The van der Waals surface area contributed by atoms with Crippen molar-refractivity contribution in [1.82, 2.24) is 4.90 Å². The number of primary amides is 1. The van der Waals surface area contributed by atoms with Gasteiger partial charge in [-0.3, -0.25) is 14.5 Å². The van der Waals surface area contributed by atoms with E-state index in [4.69, 9.17) is 10.8 Å². The van der Waals surface area contributed by atoms with Crippen LogP contribution in [0.4, 0.5) is 0 Å². The highest BCUT2D eigenvalue weighted by atomic mass is 16.4. The Morgan fingerprint density at radius 2 is 1.93 bits per heavy atom. The molecule has 0 rings (SSSR count). The van der Waals surface area contributed by atoms with Crippen LogP contribution >= 0.6 is 0 Å². The number of carbonyl (C=O) groups is 2. The lowest BCUT2D eigenvalue weighted by atomic mass is 10.0. The van der Waals surface area contributed by atoms with Crippen LogP contribution in [-0.4, -0.2) is 41.5 Å². The number of carboxylic acid groups (broad SMARTS) is 1. The summed E-state index contributed by atoms with van der Waals surface area (Å²) in [6.45, 7) is 4.41. The van der Waals surface area contributed by atoms with Crippen LogP contribution in [0.5, 0.6) is 0 Å². The largest absolute Gasteiger partial charge is 0.481 e. The lowest BCUT2D eigenvalue weighted by Gasteiger charge is -2.28. The van der Waals surface area contributed by atoms with E-state index in [9.17, 15) is 9.59 Å². The predicted molar refractivity (Wildman–Crippen MR) is 57.3 cm³/mol. The summed E-state index contributed by atoms with van der Waals surface area (Å²) >= 11 is 0. The fourth-order valence-corrected chi connectivity index (χ4v) is 1.67. The third-order valence-corrected chi connectivity index (χ3v) is 2.30. The summed E-state index contributed by atoms with van der Waals surface area (Å²) in [5.41, 5.74) is 5.27. The van der Waals surface area contributed by atoms with Gasteiger partial charge in [0.25, 0.3) is 0 Å². The Morgan fingerprint density at radius 1 is 1.40 bits per heavy atom. The van der Waals surface area contributed by atoms with Crippen LogP contribution in [-0.2, 0) is 9.59 Å². The molecule has 0 aliphatic rings. The van der Waals surface area contributed by atoms with E-state index in [2.05, 4.69) is 0 Å². The highest BCUT2D eigenvalue weighted by Crippen LogP contribution is 2.09. The maximum atomic E-state index is 11.1. The molecular formula is C10H20N2O3. The van der Waals surface area contributed by atoms with Crippen molar-refractivity contribution in [3.63, 3.8) is 0 Å². The third-order valence-electron chi connectivity index (χ3n) is 2.30. The number of rotatable bonds is 7. The molecule has 0 aliphatic carbocycles. The molecule has 0 saturated heterocycles. The van der Waals surface area contributed by atoms with E-state index in [-0.39, 0.29) is 24.3 Å². The smallest absolute Gasteiger partial charge is 0.303 e. The Morgan fingerprint density at radius 3 is 2.27 bits per heavy atom. The summed E-state index contributed by atoms with van der Waals surface area (Å²) in [6.07, 6.45) is 0.649. The fourth-order valence-electron chi connectivity index (χ4n) is 1.67. The zero-order chi connectivity index (χ0) is 12.0. The first kappa shape index (κ1) is 13.9. The Bertz CT molecular complexity index is 229. The van der Waals surface area contributed by atoms with Crippen LogP contribution < -0.4 is 5.73 Å². The van der Waals surface area contributed by atoms with Crippen molar-refractivity contribution in [2.24, 2.45) is 11.7 Å². The van der Waals surface area contributed by atoms with E-state index in [0.717, 1.165) is 0 Å². The van der Waals surface area contributed by atoms with Crippen LogP contribution in [0.25, 0.3) is 0 Å². The lowest BCUT2D eigenvalue weighted by molar-refractivity contribution is -0.137. The molecule has 0 aromatic heterocycles. The van der Waals surface area contributed by atoms with Crippen LogP contribution in [0, 0.1) is 5.92 Å². The number of hydrogen-bond donors (Lipinski definition) is 2. The van der Waals surface area contributed by atoms with Crippen LogP contribution in [0.15, 0.2) is 0 Å². The first-order chi connectivity index (χ1) is 6.86. The normalized spacial score (nSPS) is 13.1. The van der Waals surface area contributed by atoms with E-state index in [1.807, 2.05) is 18.7 Å². The molecule has 3 N–H and O–H groups in total. The summed E-state index contributed by atoms with van der Waals surface area (Å²) in [5.74, 6) is -1.04. The molecule has 1 atom stereocenters. The predicted octanol–water partition coefficient (Wildman–Crippen LogP) is 0.293. The van der Waals surface area contributed by atoms with E-state index in [1.165, 1.54) is 0 Å². The van der Waals surface area contributed by atoms with Crippen LogP contribution in [0.3, 0.4) is 0 Å². The average Bonchev–Trinajstić information content (AvgIpc) is 2.01. The molecule has 0 spiro atoms. The van der Waals surface area contributed by atoms with Crippen molar-refractivity contribution >= 4 is 11.9 Å². The number of carboxylic acids is 1. The van der Waals surface area contributed by atoms with Crippen molar-refractivity contribution in [3.05, 3.63) is 0 Å². The maximum absolute atomic E-state index is 11.1. The molecule has 0 unspecified atom stereocenters. The number of nitrogens with zero attached hydrogens (tertiary/aromatic N) is 1. The number of aliphatic carboxylic acids is 1. The second-order valence-electron chi connectivity index (χ2n) is 4.07. The molecule has 15 heavy (non-hydrogen) atoms. The molecule has 5 nitrogen and oxygen atoms in total. The van der Waals surface area contributed by atoms with E-state index in [1.54, 1.807) is 7.05 Å². The number of carbonyl (C=O) groups excluding carboxylic acids is 1. The summed E-state index contributed by atoms with van der Waals surface area (Å²) in [6, 6.07) is -0.321. The van der Waals surface area contributed by atoms with Gasteiger partial charge in [-0.05, 0) is 25.9 Å². The van der Waals surface area contributed by atoms with Gasteiger partial charge in [0.05, 0.1) is 6.04 Å². The molecule has 88 valence electrons. The van der Waals surface area contributed by atoms with Crippen molar-refractivity contribution in [2.75, 3.05) is 13.6 Å². The van der Waals surface area contributed by atoms with Gasteiger partial charge in [0.1, 0.15) is 0 Å². The van der Waals surface area contributed by atoms with Crippen LogP contribution in [0.2, 0.25) is 0 Å². The third kappa shape index (κ3) is 5.37. The van der Waals surface area contributed by atoms with Gasteiger partial charge in [-0.2, -0.15) is 0 Å². The quantitative estimate of drug-likeness (QED) is 0.640. The second kappa shape index (κ2) is 6.40. The number of amides is 1. The Hall–Kier alpha value is -1.10. The van der Waals surface area contributed by atoms with Gasteiger partial charge >= 0.3 is 5.97 Å². The van der Waals surface area contributed by atoms with Gasteiger partial charge in [-0.15, -0.1) is 0 Å². The van der Waals surface area contributed by atoms with E-state index < -0.39 is 5.97 Å². The molecule has 0 aromatic carbocycles. The number of hydrogen-bond acceptors (Lipinski definition) is 3. The Labute approximate surface area is 90.2 Å². The van der Waals surface area contributed by atoms with Crippen molar-refractivity contribution in [2.45, 2.75) is 32.7 Å². The van der Waals surface area contributed by atoms with Crippen molar-refractivity contribution in [3.8, 4) is 0 Å². The summed E-state index contributed by atoms with van der Waals surface area (Å²) in [5, 5.41) is 8.47. The Kier molecular flexibility index (Phi) is 5.93. The molecule has 0 aliphatic heterocycles. The van der Waals surface area contributed by atoms with Gasteiger partial charge < -0.3 is 10.8 Å². The highest BCUT2D eigenvalue weighted by Gasteiger charge is 2.23. The molecule has 0 radical (unpaired) electrons. The van der Waals surface area contributed by atoms with Gasteiger partial charge in [0.2, 0.25) is 5.91 Å². The molecule has 1 amide bonds. The molecule has 0 fully saturated rings. The van der Waals surface area contributed by atoms with Gasteiger partial charge in [-0.25, -0.2) is 0 Å². The zero-order valence-corrected chi connectivity index (χ0v) is 9.56. The zero-order valence-electron chi connectivity index (χ0n) is 9.56. The maximum Gasteiger partial charge on any atom is 0.303 e. The van der Waals surface area contributed by atoms with E-state index >= 15 is 0 Å². The SMILES string of the molecule is CC(C)[C@@H](C(N)=O)N(C)CCCC(=O)O. The second-order valence-corrected chi connectivity index (χ2v) is 4.07. The first-order valence-electron chi connectivity index (χ1n) is 5.07. The minimum atomic E-state index is -0.816. The number of nitrogens with two attached hydrogens (primary N) is 1. The van der Waals surface area contributed by atoms with Crippen molar-refractivity contribution in [1.29, 1.82) is 0 Å². The van der Waals surface area contributed by atoms with Gasteiger partial charge in [0, 0.05) is 6.42 Å². The minimum Gasteiger partial charge on any atom is -0.481 e.